The molecule has 8 heteroatoms. The predicted molar refractivity (Wildman–Crippen MR) is 115 cm³/mol. The normalized spacial score (nSPS) is 10.4. The molecule has 0 N–H and O–H groups in total. The molecule has 0 bridgehead atoms. The second-order valence-corrected chi connectivity index (χ2v) is 7.35. The maximum Gasteiger partial charge on any atom is 1.00 e. The van der Waals surface area contributed by atoms with Gasteiger partial charge >= 0.3 is 29.6 Å². The molecule has 0 aromatic heterocycles. The number of hydroxylamine groups is 2. The number of hydrogen-bond acceptors (Lipinski definition) is 6. The number of nitrogens with zero attached hydrogens (tertiary/aromatic N) is 1. The largest absolute Gasteiger partial charge is 1.00 e. The van der Waals surface area contributed by atoms with E-state index >= 15 is 0 Å². The third-order valence-corrected chi connectivity index (χ3v) is 4.29. The van der Waals surface area contributed by atoms with E-state index in [4.69, 9.17) is 10.1 Å². The molecule has 0 fully saturated rings. The molecule has 0 heterocycles. The first-order valence-electron chi connectivity index (χ1n) is 10.5. The fourth-order valence-electron chi connectivity index (χ4n) is 2.31. The molecule has 168 valence electrons. The van der Waals surface area contributed by atoms with Crippen LogP contribution in [0.4, 0.5) is 4.39 Å². The van der Waals surface area contributed by atoms with Gasteiger partial charge in [0.05, 0.1) is 13.3 Å². The van der Waals surface area contributed by atoms with Gasteiger partial charge < -0.3 is 5.26 Å². The molecular formula is C21H41FNNaO4S. The average Bonchev–Trinajstić information content (AvgIpc) is 2.70. The van der Waals surface area contributed by atoms with Crippen LogP contribution >= 0.6 is 12.0 Å². The number of halogens is 1. The van der Waals surface area contributed by atoms with Gasteiger partial charge in [-0.2, -0.15) is 4.33 Å². The minimum Gasteiger partial charge on any atom is -0.691 e. The molecule has 0 unspecified atom stereocenters. The number of unbranched alkanes of at least 4 members (excludes halogenated alkanes) is 7. The summed E-state index contributed by atoms with van der Waals surface area (Å²) in [5, 5.41) is 13.7. The Kier molecular flexibility index (Phi) is 35.9. The maximum atomic E-state index is 11.9. The van der Waals surface area contributed by atoms with Crippen LogP contribution in [0, 0.1) is 0 Å². The number of allylic oxidation sites excluding steroid dienone is 3. The molecule has 0 atom stereocenters. The molecule has 0 saturated heterocycles. The van der Waals surface area contributed by atoms with Gasteiger partial charge in [0.2, 0.25) is 0 Å². The summed E-state index contributed by atoms with van der Waals surface area (Å²) in [5.41, 5.74) is 1.05. The van der Waals surface area contributed by atoms with E-state index in [1.54, 1.807) is 5.06 Å². The van der Waals surface area contributed by atoms with E-state index in [-0.39, 0.29) is 36.2 Å². The smallest absolute Gasteiger partial charge is 0.691 e. The molecule has 0 aliphatic heterocycles. The summed E-state index contributed by atoms with van der Waals surface area (Å²) in [7, 11) is 1.93. The molecule has 0 aliphatic carbocycles. The van der Waals surface area contributed by atoms with E-state index in [0.29, 0.717) is 0 Å². The summed E-state index contributed by atoms with van der Waals surface area (Å²) in [6.45, 7) is 8.58. The standard InChI is InChI=1S/C19H36FNO.C2H6O3S.Na/c1-4-16-19(2)21(3)22-18-15-13-11-9-7-5-6-8-10-12-14-17-20;1-2-6-5-4-3;/h9,11H,2,4-8,10,12-18H2,1,3H3;3H,2H2,1H3;/q;;+1/p-1/b11-9+;;. The Morgan fingerprint density at radius 1 is 1.03 bits per heavy atom. The zero-order valence-electron chi connectivity index (χ0n) is 19.1. The van der Waals surface area contributed by atoms with Gasteiger partial charge in [-0.3, -0.25) is 19.3 Å². The van der Waals surface area contributed by atoms with E-state index in [9.17, 15) is 4.39 Å². The van der Waals surface area contributed by atoms with Gasteiger partial charge in [-0.05, 0) is 38.5 Å². The van der Waals surface area contributed by atoms with E-state index < -0.39 is 0 Å². The molecule has 0 saturated carbocycles. The van der Waals surface area contributed by atoms with Crippen LogP contribution in [-0.2, 0) is 14.2 Å². The summed E-state index contributed by atoms with van der Waals surface area (Å²) >= 11 is 0.973. The SMILES string of the molecule is C=C(CCC)N(C)OCCC/C=C/CCCCCCCCF.CCSOO[O-].[Na+]. The van der Waals surface area contributed by atoms with Crippen LogP contribution in [0.2, 0.25) is 0 Å². The van der Waals surface area contributed by atoms with Crippen LogP contribution in [0.15, 0.2) is 24.4 Å². The van der Waals surface area contributed by atoms with Crippen molar-refractivity contribution in [1.82, 2.24) is 5.06 Å². The summed E-state index contributed by atoms with van der Waals surface area (Å²) in [4.78, 5) is 5.62. The van der Waals surface area contributed by atoms with E-state index in [1.165, 1.54) is 25.7 Å². The second-order valence-electron chi connectivity index (χ2n) is 6.40. The average molecular weight is 446 g/mol. The van der Waals surface area contributed by atoms with Crippen molar-refractivity contribution in [2.45, 2.75) is 84.5 Å². The number of hydrogen-bond donors (Lipinski definition) is 0. The third kappa shape index (κ3) is 30.7. The third-order valence-electron chi connectivity index (χ3n) is 3.90. The van der Waals surface area contributed by atoms with Crippen molar-refractivity contribution in [3.63, 3.8) is 0 Å². The van der Waals surface area contributed by atoms with Crippen molar-refractivity contribution in [1.29, 1.82) is 0 Å². The quantitative estimate of drug-likeness (QED) is 0.0761. The van der Waals surface area contributed by atoms with Crippen molar-refractivity contribution >= 4 is 12.0 Å². The van der Waals surface area contributed by atoms with Gasteiger partial charge in [0.25, 0.3) is 0 Å². The Morgan fingerprint density at radius 3 is 2.14 bits per heavy atom. The summed E-state index contributed by atoms with van der Waals surface area (Å²) < 4.78 is 15.7. The van der Waals surface area contributed by atoms with E-state index in [2.05, 4.69) is 35.0 Å². The Bertz CT molecular complexity index is 349. The zero-order chi connectivity index (χ0) is 21.3. The Morgan fingerprint density at radius 2 is 1.62 bits per heavy atom. The minimum absolute atomic E-state index is 0. The number of alkyl halides is 1. The van der Waals surface area contributed by atoms with Gasteiger partial charge in [0.1, 0.15) is 0 Å². The predicted octanol–water partition coefficient (Wildman–Crippen LogP) is 3.08. The van der Waals surface area contributed by atoms with Crippen LogP contribution in [0.1, 0.15) is 84.5 Å². The molecule has 0 aromatic carbocycles. The maximum absolute atomic E-state index is 11.9. The summed E-state index contributed by atoms with van der Waals surface area (Å²) in [6.07, 6.45) is 16.6. The fraction of sp³-hybridized carbons (Fsp3) is 0.810. The van der Waals surface area contributed by atoms with Crippen molar-refractivity contribution in [3.05, 3.63) is 24.4 Å². The van der Waals surface area contributed by atoms with Gasteiger partial charge in [-0.1, -0.05) is 64.7 Å². The van der Waals surface area contributed by atoms with Gasteiger partial charge in [0.15, 0.2) is 0 Å². The van der Waals surface area contributed by atoms with Crippen LogP contribution in [0.25, 0.3) is 0 Å². The summed E-state index contributed by atoms with van der Waals surface area (Å²) in [5.74, 6) is 0.724. The topological polar surface area (TPSA) is 54.0 Å². The fourth-order valence-corrected chi connectivity index (χ4v) is 2.44. The molecule has 0 aliphatic rings. The van der Waals surface area contributed by atoms with Crippen LogP contribution in [0.3, 0.4) is 0 Å². The molecule has 0 amide bonds. The number of rotatable bonds is 19. The first-order chi connectivity index (χ1) is 13.6. The molecule has 0 aromatic rings. The molecule has 0 rings (SSSR count). The summed E-state index contributed by atoms with van der Waals surface area (Å²) in [6, 6.07) is 0. The van der Waals surface area contributed by atoms with Gasteiger partial charge in [-0.15, -0.1) is 0 Å². The van der Waals surface area contributed by atoms with Crippen molar-refractivity contribution < 1.29 is 53.4 Å². The van der Waals surface area contributed by atoms with E-state index in [1.807, 2.05) is 14.0 Å². The van der Waals surface area contributed by atoms with Gasteiger partial charge in [-0.25, -0.2) is 0 Å². The Balaban J connectivity index is -0.000000837. The second kappa shape index (κ2) is 30.6. The Hall–Kier alpha value is 0.400. The molecule has 0 radical (unpaired) electrons. The van der Waals surface area contributed by atoms with E-state index in [0.717, 1.165) is 75.0 Å². The molecule has 0 spiro atoms. The van der Waals surface area contributed by atoms with Crippen LogP contribution in [-0.4, -0.2) is 31.1 Å². The molecular weight excluding hydrogens is 404 g/mol. The minimum atomic E-state index is -0.158. The van der Waals surface area contributed by atoms with Crippen molar-refractivity contribution in [2.24, 2.45) is 0 Å². The first kappa shape index (κ1) is 34.0. The molecule has 29 heavy (non-hydrogen) atoms. The zero-order valence-corrected chi connectivity index (χ0v) is 21.9. The van der Waals surface area contributed by atoms with Crippen molar-refractivity contribution in [3.8, 4) is 0 Å². The van der Waals surface area contributed by atoms with Crippen LogP contribution < -0.4 is 34.8 Å². The van der Waals surface area contributed by atoms with Crippen molar-refractivity contribution in [2.75, 3.05) is 26.1 Å². The monoisotopic (exact) mass is 445 g/mol. The van der Waals surface area contributed by atoms with Crippen LogP contribution in [0.5, 0.6) is 0 Å². The first-order valence-corrected chi connectivity index (χ1v) is 11.4. The molecule has 5 nitrogen and oxygen atoms in total. The Labute approximate surface area is 204 Å². The van der Waals surface area contributed by atoms with Gasteiger partial charge in [0, 0.05) is 30.5 Å².